The fraction of sp³-hybridized carbons (Fsp3) is 0.533. The Morgan fingerprint density at radius 1 is 1.39 bits per heavy atom. The minimum Gasteiger partial charge on any atom is -0.361 e. The first-order chi connectivity index (χ1) is 11.1. The van der Waals surface area contributed by atoms with Crippen LogP contribution in [0.25, 0.3) is 0 Å². The summed E-state index contributed by atoms with van der Waals surface area (Å²) in [4.78, 5) is 15.8. The van der Waals surface area contributed by atoms with E-state index in [1.807, 2.05) is 24.7 Å². The van der Waals surface area contributed by atoms with Crippen molar-refractivity contribution >= 4 is 11.7 Å². The Morgan fingerprint density at radius 2 is 2.22 bits per heavy atom. The topological polar surface area (TPSA) is 79.4 Å². The summed E-state index contributed by atoms with van der Waals surface area (Å²) in [7, 11) is 0. The summed E-state index contributed by atoms with van der Waals surface area (Å²) >= 11 is 0. The van der Waals surface area contributed by atoms with E-state index < -0.39 is 0 Å². The zero-order valence-corrected chi connectivity index (χ0v) is 13.3. The molecule has 2 saturated heterocycles. The zero-order valence-electron chi connectivity index (χ0n) is 13.3. The third-order valence-electron chi connectivity index (χ3n) is 4.63. The lowest BCUT2D eigenvalue weighted by Crippen LogP contribution is -2.47. The summed E-state index contributed by atoms with van der Waals surface area (Å²) in [5.74, 6) is 0.896. The Kier molecular flexibility index (Phi) is 3.33. The number of carbonyl (C=O) groups excluding carboxylic acids is 1. The maximum atomic E-state index is 11.7. The van der Waals surface area contributed by atoms with E-state index >= 15 is 0 Å². The monoisotopic (exact) mass is 316 g/mol. The van der Waals surface area contributed by atoms with Gasteiger partial charge >= 0.3 is 6.03 Å². The van der Waals surface area contributed by atoms with Crippen molar-refractivity contribution in [2.75, 3.05) is 31.1 Å². The van der Waals surface area contributed by atoms with Crippen LogP contribution in [-0.2, 0) is 6.54 Å². The molecule has 2 fully saturated rings. The van der Waals surface area contributed by atoms with Crippen molar-refractivity contribution in [3.63, 3.8) is 0 Å². The molecule has 0 aliphatic carbocycles. The van der Waals surface area contributed by atoms with E-state index in [4.69, 9.17) is 4.52 Å². The highest BCUT2D eigenvalue weighted by molar-refractivity contribution is 5.93. The van der Waals surface area contributed by atoms with E-state index in [9.17, 15) is 4.79 Å². The van der Waals surface area contributed by atoms with Crippen molar-refractivity contribution in [1.29, 1.82) is 0 Å². The van der Waals surface area contributed by atoms with Gasteiger partial charge in [-0.25, -0.2) is 4.79 Å². The Labute approximate surface area is 134 Å². The normalized spacial score (nSPS) is 19.2. The molecule has 2 aromatic heterocycles. The SMILES string of the molecule is Cc1noc(C)c1CN1CC(n2cc(N3CCNC3=O)cn2)C1. The molecule has 122 valence electrons. The smallest absolute Gasteiger partial charge is 0.322 e. The second-order valence-electron chi connectivity index (χ2n) is 6.21. The number of hydrogen-bond acceptors (Lipinski definition) is 5. The van der Waals surface area contributed by atoms with Crippen molar-refractivity contribution < 1.29 is 9.32 Å². The molecule has 0 spiro atoms. The van der Waals surface area contributed by atoms with Crippen molar-refractivity contribution in [2.45, 2.75) is 26.4 Å². The van der Waals surface area contributed by atoms with Gasteiger partial charge in [-0.05, 0) is 13.8 Å². The molecule has 0 atom stereocenters. The van der Waals surface area contributed by atoms with Gasteiger partial charge in [-0.1, -0.05) is 5.16 Å². The van der Waals surface area contributed by atoms with Crippen LogP contribution in [0.3, 0.4) is 0 Å². The van der Waals surface area contributed by atoms with E-state index in [0.29, 0.717) is 19.1 Å². The summed E-state index contributed by atoms with van der Waals surface area (Å²) in [5, 5.41) is 11.2. The molecule has 23 heavy (non-hydrogen) atoms. The number of likely N-dealkylation sites (tertiary alicyclic amines) is 1. The molecule has 0 unspecified atom stereocenters. The van der Waals surface area contributed by atoms with Crippen LogP contribution >= 0.6 is 0 Å². The van der Waals surface area contributed by atoms with Gasteiger partial charge in [-0.2, -0.15) is 5.10 Å². The number of rotatable bonds is 4. The van der Waals surface area contributed by atoms with Gasteiger partial charge in [0, 0.05) is 44.5 Å². The number of anilines is 1. The van der Waals surface area contributed by atoms with Crippen molar-refractivity contribution in [2.24, 2.45) is 0 Å². The first kappa shape index (κ1) is 14.3. The Bertz CT molecular complexity index is 711. The number of urea groups is 1. The van der Waals surface area contributed by atoms with Gasteiger partial charge in [0.1, 0.15) is 5.76 Å². The average molecular weight is 316 g/mol. The van der Waals surface area contributed by atoms with E-state index in [1.54, 1.807) is 11.1 Å². The minimum atomic E-state index is -0.0433. The molecule has 2 aliphatic heterocycles. The molecule has 2 aromatic rings. The number of nitrogens with zero attached hydrogens (tertiary/aromatic N) is 5. The third-order valence-corrected chi connectivity index (χ3v) is 4.63. The van der Waals surface area contributed by atoms with Gasteiger partial charge in [0.05, 0.1) is 23.6 Å². The van der Waals surface area contributed by atoms with Crippen molar-refractivity contribution in [3.05, 3.63) is 29.4 Å². The van der Waals surface area contributed by atoms with Gasteiger partial charge in [0.15, 0.2) is 0 Å². The van der Waals surface area contributed by atoms with Crippen molar-refractivity contribution in [1.82, 2.24) is 25.2 Å². The number of aromatic nitrogens is 3. The Hall–Kier alpha value is -2.35. The van der Waals surface area contributed by atoms with Crippen LogP contribution in [0.15, 0.2) is 16.9 Å². The van der Waals surface area contributed by atoms with Crippen LogP contribution in [0.1, 0.15) is 23.1 Å². The fourth-order valence-electron chi connectivity index (χ4n) is 3.18. The second kappa shape index (κ2) is 5.38. The summed E-state index contributed by atoms with van der Waals surface area (Å²) in [6, 6.07) is 0.313. The molecule has 8 nitrogen and oxygen atoms in total. The number of carbonyl (C=O) groups is 1. The lowest BCUT2D eigenvalue weighted by Gasteiger charge is -2.39. The lowest BCUT2D eigenvalue weighted by molar-refractivity contribution is 0.0902. The van der Waals surface area contributed by atoms with Crippen LogP contribution < -0.4 is 10.2 Å². The maximum absolute atomic E-state index is 11.7. The summed E-state index contributed by atoms with van der Waals surface area (Å²) in [6.45, 7) is 8.07. The second-order valence-corrected chi connectivity index (χ2v) is 6.21. The molecular weight excluding hydrogens is 296 g/mol. The van der Waals surface area contributed by atoms with Crippen LogP contribution in [0.5, 0.6) is 0 Å². The van der Waals surface area contributed by atoms with E-state index in [-0.39, 0.29) is 6.03 Å². The van der Waals surface area contributed by atoms with Gasteiger partial charge in [0.2, 0.25) is 0 Å². The molecule has 4 heterocycles. The van der Waals surface area contributed by atoms with Gasteiger partial charge < -0.3 is 9.84 Å². The van der Waals surface area contributed by atoms with Crippen LogP contribution in [0, 0.1) is 13.8 Å². The Morgan fingerprint density at radius 3 is 2.87 bits per heavy atom. The zero-order chi connectivity index (χ0) is 16.0. The highest BCUT2D eigenvalue weighted by Gasteiger charge is 2.31. The summed E-state index contributed by atoms with van der Waals surface area (Å²) in [5.41, 5.74) is 3.01. The molecule has 2 aliphatic rings. The van der Waals surface area contributed by atoms with Crippen LogP contribution in [-0.4, -0.2) is 52.0 Å². The highest BCUT2D eigenvalue weighted by atomic mass is 16.5. The highest BCUT2D eigenvalue weighted by Crippen LogP contribution is 2.26. The van der Waals surface area contributed by atoms with Crippen LogP contribution in [0.2, 0.25) is 0 Å². The molecule has 0 bridgehead atoms. The largest absolute Gasteiger partial charge is 0.361 e. The molecule has 4 rings (SSSR count). The summed E-state index contributed by atoms with van der Waals surface area (Å²) in [6.07, 6.45) is 3.73. The van der Waals surface area contributed by atoms with Crippen LogP contribution in [0.4, 0.5) is 10.5 Å². The van der Waals surface area contributed by atoms with E-state index in [2.05, 4.69) is 20.5 Å². The predicted molar refractivity (Wildman–Crippen MR) is 83.3 cm³/mol. The number of amides is 2. The number of aryl methyl sites for hydroxylation is 2. The first-order valence-corrected chi connectivity index (χ1v) is 7.85. The molecule has 8 heteroatoms. The summed E-state index contributed by atoms with van der Waals surface area (Å²) < 4.78 is 7.17. The standard InChI is InChI=1S/C15H20N6O2/c1-10-14(11(2)23-18-10)9-19-6-13(7-19)21-8-12(5-17-21)20-4-3-16-15(20)22/h5,8,13H,3-4,6-7,9H2,1-2H3,(H,16,22). The number of nitrogens with one attached hydrogen (secondary N) is 1. The van der Waals surface area contributed by atoms with Gasteiger partial charge in [-0.15, -0.1) is 0 Å². The van der Waals surface area contributed by atoms with Crippen molar-refractivity contribution in [3.8, 4) is 0 Å². The fourth-order valence-corrected chi connectivity index (χ4v) is 3.18. The predicted octanol–water partition coefficient (Wildman–Crippen LogP) is 1.07. The average Bonchev–Trinajstić information content (AvgIpc) is 3.17. The molecule has 2 amide bonds. The molecular formula is C15H20N6O2. The van der Waals surface area contributed by atoms with E-state index in [0.717, 1.165) is 36.8 Å². The molecule has 1 N–H and O–H groups in total. The molecule has 0 aromatic carbocycles. The molecule has 0 saturated carbocycles. The van der Waals surface area contributed by atoms with Gasteiger partial charge in [-0.3, -0.25) is 14.5 Å². The molecule has 0 radical (unpaired) electrons. The van der Waals surface area contributed by atoms with Gasteiger partial charge in [0.25, 0.3) is 0 Å². The van der Waals surface area contributed by atoms with E-state index in [1.165, 1.54) is 5.56 Å². The third kappa shape index (κ3) is 2.48. The minimum absolute atomic E-state index is 0.0433. The number of hydrogen-bond donors (Lipinski definition) is 1. The maximum Gasteiger partial charge on any atom is 0.322 e. The first-order valence-electron chi connectivity index (χ1n) is 7.85. The Balaban J connectivity index is 1.37. The lowest BCUT2D eigenvalue weighted by atomic mass is 10.1. The quantitative estimate of drug-likeness (QED) is 0.913.